The number of nitrogens with zero attached hydrogens (tertiary/aromatic N) is 1. The van der Waals surface area contributed by atoms with Crippen molar-refractivity contribution in [2.24, 2.45) is 0 Å². The molecule has 0 bridgehead atoms. The molecule has 5 rings (SSSR count). The van der Waals surface area contributed by atoms with Crippen LogP contribution in [0.5, 0.6) is 0 Å². The Morgan fingerprint density at radius 3 is 2.46 bits per heavy atom. The number of methoxy groups -OCH3 is 1. The van der Waals surface area contributed by atoms with Gasteiger partial charge < -0.3 is 20.1 Å². The van der Waals surface area contributed by atoms with Crippen LogP contribution in [-0.4, -0.2) is 36.1 Å². The number of aryl methyl sites for hydroxylation is 1. The second kappa shape index (κ2) is 12.5. The summed E-state index contributed by atoms with van der Waals surface area (Å²) in [5, 5.41) is 6.79. The normalized spacial score (nSPS) is 20.7. The van der Waals surface area contributed by atoms with Gasteiger partial charge in [-0.3, -0.25) is 9.69 Å². The van der Waals surface area contributed by atoms with E-state index in [4.69, 9.17) is 9.47 Å². The first-order chi connectivity index (χ1) is 19.0. The lowest BCUT2D eigenvalue weighted by atomic mass is 9.87. The molecule has 2 N–H and O–H groups in total. The van der Waals surface area contributed by atoms with Crippen molar-refractivity contribution in [2.45, 2.75) is 70.5 Å². The van der Waals surface area contributed by atoms with E-state index in [-0.39, 0.29) is 36.7 Å². The molecule has 1 saturated heterocycles. The summed E-state index contributed by atoms with van der Waals surface area (Å²) in [6.45, 7) is 3.43. The lowest BCUT2D eigenvalue weighted by Gasteiger charge is -2.45. The van der Waals surface area contributed by atoms with Gasteiger partial charge in [-0.25, -0.2) is 4.79 Å². The van der Waals surface area contributed by atoms with Crippen LogP contribution < -0.4 is 10.6 Å². The predicted molar refractivity (Wildman–Crippen MR) is 151 cm³/mol. The van der Waals surface area contributed by atoms with Gasteiger partial charge in [-0.2, -0.15) is 0 Å². The van der Waals surface area contributed by atoms with E-state index in [1.54, 1.807) is 7.11 Å². The Morgan fingerprint density at radius 2 is 1.72 bits per heavy atom. The molecule has 39 heavy (non-hydrogen) atoms. The predicted octanol–water partition coefficient (Wildman–Crippen LogP) is 5.74. The standard InChI is InChI=1S/C32H37N3O4/c1-22-13-15-28(33-19-26-18-29-25(14-16-30(36)34-29)17-27(26)21-38-2)31(24-11-7-4-8-12-24)35(22)32(37)39-20-23-9-5-3-6-10-23/h3-12,17-18,22,28,31,33H,13-16,19-21H2,1-2H3,(H,34,36). The fraction of sp³-hybridized carbons (Fsp3) is 0.375. The number of carbonyl (C=O) groups excluding carboxylic acids is 2. The Kier molecular flexibility index (Phi) is 8.59. The van der Waals surface area contributed by atoms with Crippen LogP contribution in [0.4, 0.5) is 10.5 Å². The highest BCUT2D eigenvalue weighted by atomic mass is 16.6. The molecule has 3 unspecified atom stereocenters. The monoisotopic (exact) mass is 527 g/mol. The van der Waals surface area contributed by atoms with Crippen LogP contribution in [-0.2, 0) is 40.4 Å². The van der Waals surface area contributed by atoms with Crippen molar-refractivity contribution < 1.29 is 19.1 Å². The van der Waals surface area contributed by atoms with Crippen molar-refractivity contribution >= 4 is 17.7 Å². The highest BCUT2D eigenvalue weighted by Crippen LogP contribution is 2.36. The van der Waals surface area contributed by atoms with Crippen molar-refractivity contribution in [3.63, 3.8) is 0 Å². The third kappa shape index (κ3) is 6.32. The van der Waals surface area contributed by atoms with Crippen LogP contribution >= 0.6 is 0 Å². The highest BCUT2D eigenvalue weighted by Gasteiger charge is 2.40. The summed E-state index contributed by atoms with van der Waals surface area (Å²) >= 11 is 0. The molecule has 1 fully saturated rings. The molecule has 204 valence electrons. The van der Waals surface area contributed by atoms with Gasteiger partial charge in [0.25, 0.3) is 0 Å². The minimum absolute atomic E-state index is 0.0221. The first-order valence-electron chi connectivity index (χ1n) is 13.7. The number of amides is 2. The Morgan fingerprint density at radius 1 is 0.974 bits per heavy atom. The van der Waals surface area contributed by atoms with Crippen molar-refractivity contribution in [3.8, 4) is 0 Å². The molecule has 0 radical (unpaired) electrons. The lowest BCUT2D eigenvalue weighted by Crippen LogP contribution is -2.54. The Balaban J connectivity index is 1.38. The number of benzene rings is 3. The molecular formula is C32H37N3O4. The summed E-state index contributed by atoms with van der Waals surface area (Å²) in [6, 6.07) is 24.1. The lowest BCUT2D eigenvalue weighted by molar-refractivity contribution is -0.116. The first kappa shape index (κ1) is 26.9. The van der Waals surface area contributed by atoms with Crippen LogP contribution in [0.2, 0.25) is 0 Å². The second-order valence-electron chi connectivity index (χ2n) is 10.5. The van der Waals surface area contributed by atoms with E-state index in [0.717, 1.165) is 52.8 Å². The quantitative estimate of drug-likeness (QED) is 0.391. The molecule has 0 saturated carbocycles. The molecule has 3 atom stereocenters. The van der Waals surface area contributed by atoms with Gasteiger partial charge in [0.2, 0.25) is 5.91 Å². The summed E-state index contributed by atoms with van der Waals surface area (Å²) in [5.41, 5.74) is 6.26. The number of rotatable bonds is 8. The number of likely N-dealkylation sites (tertiary alicyclic amines) is 1. The van der Waals surface area contributed by atoms with E-state index >= 15 is 0 Å². The van der Waals surface area contributed by atoms with Gasteiger partial charge in [0.05, 0.1) is 12.6 Å². The molecule has 0 aliphatic carbocycles. The van der Waals surface area contributed by atoms with E-state index in [9.17, 15) is 9.59 Å². The fourth-order valence-electron chi connectivity index (χ4n) is 5.75. The molecule has 7 heteroatoms. The third-order valence-corrected chi connectivity index (χ3v) is 7.78. The van der Waals surface area contributed by atoms with E-state index in [2.05, 4.69) is 41.8 Å². The van der Waals surface area contributed by atoms with Crippen LogP contribution in [0, 0.1) is 0 Å². The smallest absolute Gasteiger partial charge is 0.410 e. The van der Waals surface area contributed by atoms with E-state index in [1.807, 2.05) is 53.4 Å². The minimum atomic E-state index is -0.303. The van der Waals surface area contributed by atoms with E-state index < -0.39 is 0 Å². The van der Waals surface area contributed by atoms with Crippen molar-refractivity contribution in [1.82, 2.24) is 10.2 Å². The summed E-state index contributed by atoms with van der Waals surface area (Å²) in [6.07, 6.45) is 2.73. The van der Waals surface area contributed by atoms with Crippen LogP contribution in [0.1, 0.15) is 60.0 Å². The average Bonchev–Trinajstić information content (AvgIpc) is 2.96. The van der Waals surface area contributed by atoms with Gasteiger partial charge in [-0.1, -0.05) is 66.7 Å². The van der Waals surface area contributed by atoms with E-state index in [1.165, 1.54) is 0 Å². The number of piperidine rings is 1. The number of nitrogens with one attached hydrogen (secondary N) is 2. The topological polar surface area (TPSA) is 79.9 Å². The van der Waals surface area contributed by atoms with Gasteiger partial charge >= 0.3 is 6.09 Å². The van der Waals surface area contributed by atoms with Gasteiger partial charge in [0.1, 0.15) is 6.61 Å². The first-order valence-corrected chi connectivity index (χ1v) is 13.7. The summed E-state index contributed by atoms with van der Waals surface area (Å²) < 4.78 is 11.3. The summed E-state index contributed by atoms with van der Waals surface area (Å²) in [4.78, 5) is 27.5. The largest absolute Gasteiger partial charge is 0.445 e. The van der Waals surface area contributed by atoms with Gasteiger partial charge in [-0.05, 0) is 60.1 Å². The molecule has 2 heterocycles. The molecule has 3 aromatic rings. The molecular weight excluding hydrogens is 490 g/mol. The Labute approximate surface area is 230 Å². The molecule has 3 aromatic carbocycles. The number of ether oxygens (including phenoxy) is 2. The maximum atomic E-state index is 13.5. The second-order valence-corrected chi connectivity index (χ2v) is 10.5. The fourth-order valence-corrected chi connectivity index (χ4v) is 5.75. The minimum Gasteiger partial charge on any atom is -0.445 e. The van der Waals surface area contributed by atoms with Crippen molar-refractivity contribution in [2.75, 3.05) is 12.4 Å². The average molecular weight is 528 g/mol. The third-order valence-electron chi connectivity index (χ3n) is 7.78. The zero-order chi connectivity index (χ0) is 27.2. The number of hydrogen-bond donors (Lipinski definition) is 2. The SMILES string of the molecule is COCc1cc2c(cc1CNC1CCC(C)N(C(=O)OCc3ccccc3)C1c1ccccc1)NC(=O)CC2. The maximum absolute atomic E-state index is 13.5. The van der Waals surface area contributed by atoms with Gasteiger partial charge in [-0.15, -0.1) is 0 Å². The number of anilines is 1. The molecule has 0 spiro atoms. The van der Waals surface area contributed by atoms with E-state index in [0.29, 0.717) is 19.6 Å². The van der Waals surface area contributed by atoms with Crippen LogP contribution in [0.15, 0.2) is 72.8 Å². The Bertz CT molecular complexity index is 1280. The number of hydrogen-bond acceptors (Lipinski definition) is 5. The van der Waals surface area contributed by atoms with Crippen LogP contribution in [0.3, 0.4) is 0 Å². The number of carbonyl (C=O) groups is 2. The summed E-state index contributed by atoms with van der Waals surface area (Å²) in [5.74, 6) is 0.0518. The molecule has 2 aliphatic rings. The van der Waals surface area contributed by atoms with Crippen molar-refractivity contribution in [1.29, 1.82) is 0 Å². The molecule has 2 amide bonds. The van der Waals surface area contributed by atoms with Gasteiger partial charge in [0.15, 0.2) is 0 Å². The molecule has 7 nitrogen and oxygen atoms in total. The van der Waals surface area contributed by atoms with Gasteiger partial charge in [0, 0.05) is 37.8 Å². The van der Waals surface area contributed by atoms with Crippen molar-refractivity contribution in [3.05, 3.63) is 101 Å². The molecule has 0 aromatic heterocycles. The maximum Gasteiger partial charge on any atom is 0.410 e. The summed E-state index contributed by atoms with van der Waals surface area (Å²) in [7, 11) is 1.70. The zero-order valence-electron chi connectivity index (χ0n) is 22.7. The molecule has 2 aliphatic heterocycles. The van der Waals surface area contributed by atoms with Crippen LogP contribution in [0.25, 0.3) is 0 Å². The zero-order valence-corrected chi connectivity index (χ0v) is 22.7. The number of fused-ring (bicyclic) bond motifs is 1. The highest BCUT2D eigenvalue weighted by molar-refractivity contribution is 5.94. The Hall–Kier alpha value is -3.68.